The third kappa shape index (κ3) is 4.17. The van der Waals surface area contributed by atoms with Crippen LogP contribution < -0.4 is 10.6 Å². The molecule has 2 N–H and O–H groups in total. The summed E-state index contributed by atoms with van der Waals surface area (Å²) in [6.07, 6.45) is 7.18. The summed E-state index contributed by atoms with van der Waals surface area (Å²) >= 11 is 1.73. The maximum Gasteiger partial charge on any atom is 0.191 e. The average Bonchev–Trinajstić information content (AvgIpc) is 3.27. The molecule has 6 heteroatoms. The van der Waals surface area contributed by atoms with Crippen molar-refractivity contribution in [2.75, 3.05) is 20.1 Å². The number of thiazole rings is 1. The second-order valence-electron chi connectivity index (χ2n) is 5.98. The molecule has 1 aromatic rings. The van der Waals surface area contributed by atoms with E-state index in [2.05, 4.69) is 32.4 Å². The smallest absolute Gasteiger partial charge is 0.191 e. The fourth-order valence-electron chi connectivity index (χ4n) is 2.88. The van der Waals surface area contributed by atoms with Gasteiger partial charge in [0.05, 0.1) is 6.54 Å². The quantitative estimate of drug-likeness (QED) is 0.657. The van der Waals surface area contributed by atoms with Gasteiger partial charge in [-0.1, -0.05) is 0 Å². The van der Waals surface area contributed by atoms with Crippen molar-refractivity contribution < 1.29 is 0 Å². The van der Waals surface area contributed by atoms with E-state index < -0.39 is 0 Å². The molecule has 2 fully saturated rings. The lowest BCUT2D eigenvalue weighted by atomic mass is 10.1. The zero-order valence-corrected chi connectivity index (χ0v) is 13.7. The number of aromatic nitrogens is 1. The van der Waals surface area contributed by atoms with Crippen molar-refractivity contribution in [1.29, 1.82) is 0 Å². The first-order valence-corrected chi connectivity index (χ1v) is 8.69. The largest absolute Gasteiger partial charge is 0.354 e. The van der Waals surface area contributed by atoms with Gasteiger partial charge in [-0.15, -0.1) is 11.3 Å². The van der Waals surface area contributed by atoms with Crippen molar-refractivity contribution >= 4 is 17.3 Å². The van der Waals surface area contributed by atoms with E-state index in [-0.39, 0.29) is 0 Å². The van der Waals surface area contributed by atoms with E-state index in [1.165, 1.54) is 43.6 Å². The average molecular weight is 307 g/mol. The van der Waals surface area contributed by atoms with Crippen LogP contribution >= 0.6 is 11.3 Å². The van der Waals surface area contributed by atoms with Crippen LogP contribution in [-0.4, -0.2) is 48.1 Å². The maximum atomic E-state index is 4.37. The highest BCUT2D eigenvalue weighted by atomic mass is 32.1. The van der Waals surface area contributed by atoms with E-state index in [0.29, 0.717) is 6.04 Å². The minimum atomic E-state index is 0.546. The standard InChI is InChI=1S/C15H25N5S/c1-11-9-17-14(21-11)10-18-15(16-2)19-12-5-7-20(8-6-12)13-3-4-13/h9,12-13H,3-8,10H2,1-2H3,(H2,16,18,19). The van der Waals surface area contributed by atoms with Crippen molar-refractivity contribution in [1.82, 2.24) is 20.5 Å². The van der Waals surface area contributed by atoms with Crippen molar-refractivity contribution in [3.05, 3.63) is 16.1 Å². The van der Waals surface area contributed by atoms with Gasteiger partial charge < -0.3 is 15.5 Å². The predicted molar refractivity (Wildman–Crippen MR) is 87.8 cm³/mol. The van der Waals surface area contributed by atoms with Gasteiger partial charge in [-0.2, -0.15) is 0 Å². The number of likely N-dealkylation sites (tertiary alicyclic amines) is 1. The Bertz CT molecular complexity index is 486. The number of piperidine rings is 1. The number of hydrogen-bond acceptors (Lipinski definition) is 4. The zero-order valence-electron chi connectivity index (χ0n) is 12.9. The van der Waals surface area contributed by atoms with Crippen LogP contribution in [0.5, 0.6) is 0 Å². The van der Waals surface area contributed by atoms with Crippen LogP contribution in [0.15, 0.2) is 11.2 Å². The fraction of sp³-hybridized carbons (Fsp3) is 0.733. The number of guanidine groups is 1. The van der Waals surface area contributed by atoms with E-state index in [4.69, 9.17) is 0 Å². The summed E-state index contributed by atoms with van der Waals surface area (Å²) < 4.78 is 0. The first kappa shape index (κ1) is 14.8. The molecule has 0 atom stereocenters. The summed E-state index contributed by atoms with van der Waals surface area (Å²) in [5.41, 5.74) is 0. The van der Waals surface area contributed by atoms with E-state index in [9.17, 15) is 0 Å². The topological polar surface area (TPSA) is 52.6 Å². The molecule has 1 aliphatic heterocycles. The second-order valence-corrected chi connectivity index (χ2v) is 7.30. The van der Waals surface area contributed by atoms with Gasteiger partial charge in [-0.05, 0) is 32.6 Å². The number of nitrogens with one attached hydrogen (secondary N) is 2. The number of aryl methyl sites for hydroxylation is 1. The number of nitrogens with zero attached hydrogens (tertiary/aromatic N) is 3. The van der Waals surface area contributed by atoms with Crippen molar-refractivity contribution in [2.45, 2.75) is 51.2 Å². The van der Waals surface area contributed by atoms with Crippen LogP contribution in [-0.2, 0) is 6.54 Å². The van der Waals surface area contributed by atoms with Gasteiger partial charge in [0, 0.05) is 43.3 Å². The van der Waals surface area contributed by atoms with Crippen LogP contribution in [0.25, 0.3) is 0 Å². The van der Waals surface area contributed by atoms with Crippen LogP contribution in [0.3, 0.4) is 0 Å². The van der Waals surface area contributed by atoms with E-state index in [1.807, 2.05) is 13.2 Å². The summed E-state index contributed by atoms with van der Waals surface area (Å²) in [6, 6.07) is 1.45. The van der Waals surface area contributed by atoms with E-state index >= 15 is 0 Å². The molecule has 2 heterocycles. The molecule has 1 saturated carbocycles. The molecule has 116 valence electrons. The summed E-state index contributed by atoms with van der Waals surface area (Å²) in [7, 11) is 1.84. The Morgan fingerprint density at radius 2 is 2.14 bits per heavy atom. The van der Waals surface area contributed by atoms with Gasteiger partial charge in [-0.3, -0.25) is 4.99 Å². The Balaban J connectivity index is 1.42. The van der Waals surface area contributed by atoms with Crippen LogP contribution in [0.2, 0.25) is 0 Å². The highest BCUT2D eigenvalue weighted by molar-refractivity contribution is 7.11. The van der Waals surface area contributed by atoms with E-state index in [0.717, 1.165) is 23.6 Å². The summed E-state index contributed by atoms with van der Waals surface area (Å²) in [5.74, 6) is 0.896. The lowest BCUT2D eigenvalue weighted by Gasteiger charge is -2.33. The molecule has 0 radical (unpaired) electrons. The van der Waals surface area contributed by atoms with Gasteiger partial charge in [0.25, 0.3) is 0 Å². The Kier molecular flexibility index (Phi) is 4.75. The molecular formula is C15H25N5S. The summed E-state index contributed by atoms with van der Waals surface area (Å²) in [4.78, 5) is 12.6. The number of hydrogen-bond donors (Lipinski definition) is 2. The van der Waals surface area contributed by atoms with Crippen molar-refractivity contribution in [3.63, 3.8) is 0 Å². The van der Waals surface area contributed by atoms with Gasteiger partial charge in [0.15, 0.2) is 5.96 Å². The molecule has 0 bridgehead atoms. The molecule has 5 nitrogen and oxygen atoms in total. The third-order valence-electron chi connectivity index (χ3n) is 4.23. The van der Waals surface area contributed by atoms with Crippen LogP contribution in [0.4, 0.5) is 0 Å². The third-order valence-corrected chi connectivity index (χ3v) is 5.15. The Labute approximate surface area is 130 Å². The SMILES string of the molecule is CN=C(NCc1ncc(C)s1)NC1CCN(C2CC2)CC1. The lowest BCUT2D eigenvalue weighted by molar-refractivity contribution is 0.197. The molecule has 0 unspecified atom stereocenters. The highest BCUT2D eigenvalue weighted by Gasteiger charge is 2.31. The Morgan fingerprint density at radius 3 is 2.71 bits per heavy atom. The summed E-state index contributed by atoms with van der Waals surface area (Å²) in [6.45, 7) is 5.29. The Morgan fingerprint density at radius 1 is 1.38 bits per heavy atom. The number of rotatable bonds is 4. The minimum Gasteiger partial charge on any atom is -0.354 e. The molecule has 1 aliphatic carbocycles. The first-order chi connectivity index (χ1) is 10.2. The van der Waals surface area contributed by atoms with Crippen LogP contribution in [0, 0.1) is 6.92 Å². The maximum absolute atomic E-state index is 4.37. The minimum absolute atomic E-state index is 0.546. The molecule has 0 amide bonds. The monoisotopic (exact) mass is 307 g/mol. The molecule has 21 heavy (non-hydrogen) atoms. The van der Waals surface area contributed by atoms with Gasteiger partial charge in [-0.25, -0.2) is 4.98 Å². The summed E-state index contributed by atoms with van der Waals surface area (Å²) in [5, 5.41) is 8.03. The second kappa shape index (κ2) is 6.75. The van der Waals surface area contributed by atoms with Crippen molar-refractivity contribution in [3.8, 4) is 0 Å². The van der Waals surface area contributed by atoms with Crippen LogP contribution in [0.1, 0.15) is 35.6 Å². The molecule has 2 aliphatic rings. The predicted octanol–water partition coefficient (Wildman–Crippen LogP) is 1.74. The first-order valence-electron chi connectivity index (χ1n) is 7.87. The van der Waals surface area contributed by atoms with Gasteiger partial charge >= 0.3 is 0 Å². The molecule has 3 rings (SSSR count). The molecule has 1 aromatic heterocycles. The van der Waals surface area contributed by atoms with Crippen molar-refractivity contribution in [2.24, 2.45) is 4.99 Å². The Hall–Kier alpha value is -1.14. The van der Waals surface area contributed by atoms with E-state index in [1.54, 1.807) is 11.3 Å². The molecule has 0 aromatic carbocycles. The number of aliphatic imine (C=N–C) groups is 1. The molecule has 0 spiro atoms. The highest BCUT2D eigenvalue weighted by Crippen LogP contribution is 2.29. The fourth-order valence-corrected chi connectivity index (χ4v) is 3.61. The lowest BCUT2D eigenvalue weighted by Crippen LogP contribution is -2.48. The molecule has 1 saturated heterocycles. The molecular weight excluding hydrogens is 282 g/mol. The zero-order chi connectivity index (χ0) is 14.7. The van der Waals surface area contributed by atoms with Gasteiger partial charge in [0.1, 0.15) is 5.01 Å². The van der Waals surface area contributed by atoms with Gasteiger partial charge in [0.2, 0.25) is 0 Å². The normalized spacial score (nSPS) is 21.5.